The van der Waals surface area contributed by atoms with Crippen molar-refractivity contribution in [3.8, 4) is 11.5 Å². The number of hydrogen-bond donors (Lipinski definition) is 4. The predicted molar refractivity (Wildman–Crippen MR) is 53.4 cm³/mol. The van der Waals surface area contributed by atoms with Gasteiger partial charge in [-0.1, -0.05) is 6.07 Å². The van der Waals surface area contributed by atoms with Gasteiger partial charge in [0.2, 0.25) is 0 Å². The third-order valence-corrected chi connectivity index (χ3v) is 2.02. The van der Waals surface area contributed by atoms with Crippen LogP contribution in [0.5, 0.6) is 11.5 Å². The zero-order chi connectivity index (χ0) is 12.5. The van der Waals surface area contributed by atoms with Gasteiger partial charge in [-0.05, 0) is 24.6 Å². The van der Waals surface area contributed by atoms with Crippen molar-refractivity contribution in [3.63, 3.8) is 0 Å². The number of ketones is 1. The first-order valence-corrected chi connectivity index (χ1v) is 4.26. The van der Waals surface area contributed by atoms with E-state index < -0.39 is 23.7 Å². The van der Waals surface area contributed by atoms with Crippen molar-refractivity contribution >= 4 is 5.78 Å². The van der Waals surface area contributed by atoms with Crippen LogP contribution in [0.25, 0.3) is 0 Å². The van der Waals surface area contributed by atoms with E-state index in [2.05, 4.69) is 0 Å². The molecule has 0 unspecified atom stereocenters. The molecule has 5 heteroatoms. The van der Waals surface area contributed by atoms with Crippen LogP contribution in [0.3, 0.4) is 0 Å². The van der Waals surface area contributed by atoms with E-state index in [1.54, 1.807) is 0 Å². The van der Waals surface area contributed by atoms with E-state index in [1.807, 2.05) is 0 Å². The Kier molecular flexibility index (Phi) is 2.84. The molecule has 0 fully saturated rings. The molecule has 1 rings (SSSR count). The van der Waals surface area contributed by atoms with E-state index >= 15 is 0 Å². The zero-order valence-electron chi connectivity index (χ0n) is 9.14. The van der Waals surface area contributed by atoms with E-state index in [0.29, 0.717) is 0 Å². The maximum absolute atomic E-state index is 11.0. The van der Waals surface area contributed by atoms with Crippen LogP contribution in [0.2, 0.25) is 0 Å². The Labute approximate surface area is 88.2 Å². The number of Topliss-reactive ketones (excluding diaryl/α,β-unsaturated/α-hetero) is 1. The topological polar surface area (TPSA) is 104 Å². The largest absolute Gasteiger partial charge is 0.504 e. The van der Waals surface area contributed by atoms with Crippen LogP contribution in [0.1, 0.15) is 20.0 Å². The number of aliphatic hydroxyl groups excluding tert-OH is 1. The van der Waals surface area contributed by atoms with E-state index in [1.165, 1.54) is 6.07 Å². The number of nitrogens with two attached hydrogens (primary N) is 1. The molecule has 0 heterocycles. The minimum Gasteiger partial charge on any atom is -0.504 e. The van der Waals surface area contributed by atoms with Crippen molar-refractivity contribution in [2.24, 2.45) is 5.73 Å². The summed E-state index contributed by atoms with van der Waals surface area (Å²) < 4.78 is 7.48. The number of phenols is 2. The molecule has 5 nitrogen and oxygen atoms in total. The van der Waals surface area contributed by atoms with Gasteiger partial charge in [0.25, 0.3) is 0 Å². The minimum atomic E-state index is -2.18. The Balaban J connectivity index is 3.10. The summed E-state index contributed by atoms with van der Waals surface area (Å²) in [7, 11) is 0. The van der Waals surface area contributed by atoms with Gasteiger partial charge < -0.3 is 21.1 Å². The van der Waals surface area contributed by atoms with Gasteiger partial charge >= 0.3 is 0 Å². The number of benzene rings is 1. The highest BCUT2D eigenvalue weighted by molar-refractivity contribution is 5.82. The van der Waals surface area contributed by atoms with Gasteiger partial charge in [-0.25, -0.2) is 0 Å². The maximum atomic E-state index is 11.0. The molecular formula is C10H13NO4. The monoisotopic (exact) mass is 212 g/mol. The second kappa shape index (κ2) is 4.29. The van der Waals surface area contributed by atoms with Gasteiger partial charge in [0, 0.05) is 0 Å². The smallest absolute Gasteiger partial charge is 0.157 e. The number of carbonyl (C=O) groups excluding carboxylic acids is 1. The van der Waals surface area contributed by atoms with Gasteiger partial charge in [0.1, 0.15) is 11.9 Å². The van der Waals surface area contributed by atoms with Crippen molar-refractivity contribution < 1.29 is 21.5 Å². The first-order chi connectivity index (χ1) is 7.26. The number of aromatic hydroxyl groups is 2. The standard InChI is InChI=1S/C10H13NO4/c1-5(12)9(11)10(15)6-2-3-7(13)8(14)4-6/h2-4,9-10,13-15H,11H2,1H3/t9-,10-/m0/s1/i9D. The molecule has 0 saturated carbocycles. The van der Waals surface area contributed by atoms with E-state index in [0.717, 1.165) is 19.1 Å². The summed E-state index contributed by atoms with van der Waals surface area (Å²) in [4.78, 5) is 11.0. The molecule has 0 amide bonds. The number of carbonyl (C=O) groups is 1. The molecule has 0 aliphatic rings. The fraction of sp³-hybridized carbons (Fsp3) is 0.300. The van der Waals surface area contributed by atoms with Gasteiger partial charge in [-0.2, -0.15) is 0 Å². The molecule has 0 spiro atoms. The summed E-state index contributed by atoms with van der Waals surface area (Å²) in [6.07, 6.45) is -1.57. The Morgan fingerprint density at radius 1 is 1.47 bits per heavy atom. The average Bonchev–Trinajstić information content (AvgIpc) is 2.20. The van der Waals surface area contributed by atoms with E-state index in [9.17, 15) is 15.0 Å². The van der Waals surface area contributed by atoms with Crippen LogP contribution in [-0.4, -0.2) is 27.1 Å². The SMILES string of the molecule is [2H][C@](N)(C(C)=O)[C@@H](O)c1ccc(O)c(O)c1. The number of hydrogen-bond acceptors (Lipinski definition) is 5. The van der Waals surface area contributed by atoms with Crippen molar-refractivity contribution in [1.29, 1.82) is 0 Å². The van der Waals surface area contributed by atoms with Crippen molar-refractivity contribution in [1.82, 2.24) is 0 Å². The zero-order valence-corrected chi connectivity index (χ0v) is 8.14. The summed E-state index contributed by atoms with van der Waals surface area (Å²) in [5.41, 5.74) is 5.43. The Hall–Kier alpha value is -1.59. The lowest BCUT2D eigenvalue weighted by Gasteiger charge is -2.16. The van der Waals surface area contributed by atoms with Gasteiger partial charge in [0.05, 0.1) is 7.39 Å². The number of phenolic OH excluding ortho intramolecular Hbond substituents is 2. The van der Waals surface area contributed by atoms with E-state index in [4.69, 9.17) is 12.2 Å². The van der Waals surface area contributed by atoms with Crippen LogP contribution in [0.15, 0.2) is 18.2 Å². The molecule has 0 aliphatic heterocycles. The maximum Gasteiger partial charge on any atom is 0.157 e. The predicted octanol–water partition coefficient (Wildman–Crippen LogP) is 0.0475. The quantitative estimate of drug-likeness (QED) is 0.530. The molecular weight excluding hydrogens is 198 g/mol. The lowest BCUT2D eigenvalue weighted by molar-refractivity contribution is -0.120. The van der Waals surface area contributed by atoms with E-state index in [-0.39, 0.29) is 11.3 Å². The molecule has 1 aromatic rings. The molecule has 0 bridgehead atoms. The molecule has 1 aromatic carbocycles. The molecule has 82 valence electrons. The van der Waals surface area contributed by atoms with Crippen molar-refractivity contribution in [3.05, 3.63) is 23.8 Å². The second-order valence-corrected chi connectivity index (χ2v) is 3.16. The van der Waals surface area contributed by atoms with Gasteiger partial charge in [-0.15, -0.1) is 0 Å². The summed E-state index contributed by atoms with van der Waals surface area (Å²) in [6, 6.07) is 1.30. The van der Waals surface area contributed by atoms with Crippen LogP contribution >= 0.6 is 0 Å². The normalized spacial score (nSPS) is 17.7. The highest BCUT2D eigenvalue weighted by atomic mass is 16.3. The summed E-state index contributed by atoms with van der Waals surface area (Å²) in [5.74, 6) is -1.50. The van der Waals surface area contributed by atoms with Gasteiger partial charge in [0.15, 0.2) is 11.5 Å². The van der Waals surface area contributed by atoms with Crippen LogP contribution in [-0.2, 0) is 4.79 Å². The molecule has 0 radical (unpaired) electrons. The second-order valence-electron chi connectivity index (χ2n) is 3.16. The van der Waals surface area contributed by atoms with Crippen molar-refractivity contribution in [2.45, 2.75) is 19.0 Å². The summed E-state index contributed by atoms with van der Waals surface area (Å²) >= 11 is 0. The fourth-order valence-electron chi connectivity index (χ4n) is 1.08. The molecule has 15 heavy (non-hydrogen) atoms. The van der Waals surface area contributed by atoms with Gasteiger partial charge in [-0.3, -0.25) is 4.79 Å². The molecule has 5 N–H and O–H groups in total. The third-order valence-electron chi connectivity index (χ3n) is 2.02. The lowest BCUT2D eigenvalue weighted by atomic mass is 10.00. The first kappa shape index (κ1) is 9.95. The van der Waals surface area contributed by atoms with Crippen LogP contribution in [0.4, 0.5) is 0 Å². The summed E-state index contributed by atoms with van der Waals surface area (Å²) in [5, 5.41) is 28.0. The minimum absolute atomic E-state index is 0.0861. The molecule has 0 aliphatic carbocycles. The highest BCUT2D eigenvalue weighted by Gasteiger charge is 2.21. The third kappa shape index (κ3) is 2.45. The number of aliphatic hydroxyl groups is 1. The Morgan fingerprint density at radius 2 is 2.07 bits per heavy atom. The first-order valence-electron chi connectivity index (χ1n) is 4.76. The molecule has 2 atom stereocenters. The Morgan fingerprint density at radius 3 is 2.53 bits per heavy atom. The fourth-order valence-corrected chi connectivity index (χ4v) is 1.08. The number of rotatable bonds is 3. The average molecular weight is 212 g/mol. The molecule has 0 saturated heterocycles. The van der Waals surface area contributed by atoms with Crippen LogP contribution < -0.4 is 5.73 Å². The highest BCUT2D eigenvalue weighted by Crippen LogP contribution is 2.28. The van der Waals surface area contributed by atoms with Crippen molar-refractivity contribution in [2.75, 3.05) is 0 Å². The summed E-state index contributed by atoms with van der Waals surface area (Å²) in [6.45, 7) is 1.09. The lowest BCUT2D eigenvalue weighted by Crippen LogP contribution is -2.35. The Bertz CT molecular complexity index is 419. The van der Waals surface area contributed by atoms with Crippen LogP contribution in [0, 0.1) is 0 Å². The molecule has 0 aromatic heterocycles.